The van der Waals surface area contributed by atoms with Crippen molar-refractivity contribution in [2.24, 2.45) is 5.10 Å². The zero-order valence-corrected chi connectivity index (χ0v) is 15.4. The second-order valence-electron chi connectivity index (χ2n) is 7.09. The SMILES string of the molecule is CC1=NN(c2ccc(C(=O)OCC(=O)c3ccc4c(c3)CCC4)cc2)CC1. The molecule has 5 nitrogen and oxygen atoms in total. The van der Waals surface area contributed by atoms with Crippen LogP contribution in [0.3, 0.4) is 0 Å². The molecule has 138 valence electrons. The second-order valence-corrected chi connectivity index (χ2v) is 7.09. The van der Waals surface area contributed by atoms with Gasteiger partial charge in [-0.25, -0.2) is 4.79 Å². The van der Waals surface area contributed by atoms with Gasteiger partial charge in [0.1, 0.15) is 0 Å². The Hall–Kier alpha value is -2.95. The summed E-state index contributed by atoms with van der Waals surface area (Å²) < 4.78 is 5.22. The first kappa shape index (κ1) is 17.5. The van der Waals surface area contributed by atoms with Crippen LogP contribution in [0.15, 0.2) is 47.6 Å². The molecule has 0 aromatic heterocycles. The van der Waals surface area contributed by atoms with Crippen LogP contribution in [-0.2, 0) is 17.6 Å². The highest BCUT2D eigenvalue weighted by Crippen LogP contribution is 2.23. The Balaban J connectivity index is 1.35. The summed E-state index contributed by atoms with van der Waals surface area (Å²) in [5, 5.41) is 6.36. The van der Waals surface area contributed by atoms with Gasteiger partial charge >= 0.3 is 5.97 Å². The minimum absolute atomic E-state index is 0.170. The lowest BCUT2D eigenvalue weighted by atomic mass is 10.0. The van der Waals surface area contributed by atoms with Crippen molar-refractivity contribution >= 4 is 23.2 Å². The summed E-state index contributed by atoms with van der Waals surface area (Å²) in [6, 6.07) is 12.9. The van der Waals surface area contributed by atoms with Gasteiger partial charge in [-0.2, -0.15) is 5.10 Å². The molecule has 1 aliphatic heterocycles. The molecule has 27 heavy (non-hydrogen) atoms. The third-order valence-corrected chi connectivity index (χ3v) is 5.13. The van der Waals surface area contributed by atoms with Gasteiger partial charge in [0.2, 0.25) is 0 Å². The zero-order valence-electron chi connectivity index (χ0n) is 15.4. The molecular formula is C22H22N2O3. The monoisotopic (exact) mass is 362 g/mol. The minimum atomic E-state index is -0.489. The summed E-state index contributed by atoms with van der Waals surface area (Å²) in [7, 11) is 0. The normalized spacial score (nSPS) is 15.4. The summed E-state index contributed by atoms with van der Waals surface area (Å²) in [5.74, 6) is -0.659. The number of hydrogen-bond acceptors (Lipinski definition) is 5. The van der Waals surface area contributed by atoms with E-state index in [1.54, 1.807) is 12.1 Å². The number of hydrazone groups is 1. The van der Waals surface area contributed by atoms with Gasteiger partial charge < -0.3 is 4.74 Å². The predicted molar refractivity (Wildman–Crippen MR) is 105 cm³/mol. The van der Waals surface area contributed by atoms with E-state index >= 15 is 0 Å². The molecule has 4 rings (SSSR count). The van der Waals surface area contributed by atoms with E-state index in [9.17, 15) is 9.59 Å². The molecule has 1 aliphatic carbocycles. The molecule has 1 heterocycles. The number of Topliss-reactive ketones (excluding diaryl/α,β-unsaturated/α-hetero) is 1. The quantitative estimate of drug-likeness (QED) is 0.600. The Kier molecular flexibility index (Phi) is 4.75. The van der Waals surface area contributed by atoms with E-state index in [0.717, 1.165) is 43.6 Å². The third kappa shape index (κ3) is 3.77. The minimum Gasteiger partial charge on any atom is -0.454 e. The van der Waals surface area contributed by atoms with Gasteiger partial charge in [0, 0.05) is 24.2 Å². The number of anilines is 1. The molecule has 2 aromatic rings. The standard InChI is InChI=1S/C22H22N2O3/c1-15-11-12-24(23-15)20-9-7-17(8-10-20)22(26)27-14-21(25)19-6-5-16-3-2-4-18(16)13-19/h5-10,13H,2-4,11-12,14H2,1H3. The lowest BCUT2D eigenvalue weighted by molar-refractivity contribution is 0.0475. The number of ketones is 1. The largest absolute Gasteiger partial charge is 0.454 e. The van der Waals surface area contributed by atoms with Crippen molar-refractivity contribution < 1.29 is 14.3 Å². The molecule has 0 unspecified atom stereocenters. The number of carbonyl (C=O) groups is 2. The van der Waals surface area contributed by atoms with E-state index in [0.29, 0.717) is 11.1 Å². The second kappa shape index (κ2) is 7.35. The molecular weight excluding hydrogens is 340 g/mol. The number of hydrogen-bond donors (Lipinski definition) is 0. The van der Waals surface area contributed by atoms with Gasteiger partial charge in [-0.15, -0.1) is 0 Å². The van der Waals surface area contributed by atoms with Crippen LogP contribution >= 0.6 is 0 Å². The van der Waals surface area contributed by atoms with Crippen molar-refractivity contribution in [1.82, 2.24) is 0 Å². The van der Waals surface area contributed by atoms with Crippen molar-refractivity contribution in [3.63, 3.8) is 0 Å². The number of fused-ring (bicyclic) bond motifs is 1. The third-order valence-electron chi connectivity index (χ3n) is 5.13. The summed E-state index contributed by atoms with van der Waals surface area (Å²) in [4.78, 5) is 24.6. The number of benzene rings is 2. The lowest BCUT2D eigenvalue weighted by Crippen LogP contribution is -2.15. The van der Waals surface area contributed by atoms with Crippen molar-refractivity contribution in [2.75, 3.05) is 18.2 Å². The summed E-state index contributed by atoms with van der Waals surface area (Å²) >= 11 is 0. The molecule has 0 bridgehead atoms. The van der Waals surface area contributed by atoms with Gasteiger partial charge in [0.05, 0.1) is 11.3 Å². The van der Waals surface area contributed by atoms with Crippen LogP contribution in [0, 0.1) is 0 Å². The molecule has 0 atom stereocenters. The lowest BCUT2D eigenvalue weighted by Gasteiger charge is -2.13. The highest BCUT2D eigenvalue weighted by atomic mass is 16.5. The number of aryl methyl sites for hydroxylation is 2. The Bertz CT molecular complexity index is 916. The van der Waals surface area contributed by atoms with Crippen LogP contribution in [0.2, 0.25) is 0 Å². The van der Waals surface area contributed by atoms with Crippen LogP contribution in [0.4, 0.5) is 5.69 Å². The van der Waals surface area contributed by atoms with Gasteiger partial charge in [-0.3, -0.25) is 9.80 Å². The highest BCUT2D eigenvalue weighted by Gasteiger charge is 2.17. The van der Waals surface area contributed by atoms with Crippen LogP contribution in [0.5, 0.6) is 0 Å². The van der Waals surface area contributed by atoms with E-state index < -0.39 is 5.97 Å². The van der Waals surface area contributed by atoms with E-state index in [-0.39, 0.29) is 12.4 Å². The number of rotatable bonds is 5. The van der Waals surface area contributed by atoms with Gasteiger partial charge in [-0.05, 0) is 67.6 Å². The number of nitrogens with zero attached hydrogens (tertiary/aromatic N) is 2. The first-order valence-corrected chi connectivity index (χ1v) is 9.34. The number of ether oxygens (including phenoxy) is 1. The summed E-state index contributed by atoms with van der Waals surface area (Å²) in [6.45, 7) is 2.61. The molecule has 0 saturated heterocycles. The maximum Gasteiger partial charge on any atom is 0.338 e. The maximum atomic E-state index is 12.3. The fourth-order valence-corrected chi connectivity index (χ4v) is 3.57. The molecule has 0 amide bonds. The average molecular weight is 362 g/mol. The molecule has 0 N–H and O–H groups in total. The van der Waals surface area contributed by atoms with E-state index in [2.05, 4.69) is 5.10 Å². The first-order chi connectivity index (χ1) is 13.1. The smallest absolute Gasteiger partial charge is 0.338 e. The molecule has 0 fully saturated rings. The summed E-state index contributed by atoms with van der Waals surface area (Å²) in [6.07, 6.45) is 4.19. The fourth-order valence-electron chi connectivity index (χ4n) is 3.57. The molecule has 0 radical (unpaired) electrons. The number of esters is 1. The fraction of sp³-hybridized carbons (Fsp3) is 0.318. The summed E-state index contributed by atoms with van der Waals surface area (Å²) in [5.41, 5.74) is 5.64. The average Bonchev–Trinajstić information content (AvgIpc) is 3.34. The molecule has 2 aliphatic rings. The zero-order chi connectivity index (χ0) is 18.8. The van der Waals surface area contributed by atoms with E-state index in [1.165, 1.54) is 11.1 Å². The van der Waals surface area contributed by atoms with Crippen LogP contribution < -0.4 is 5.01 Å². The van der Waals surface area contributed by atoms with Crippen LogP contribution in [0.1, 0.15) is 51.6 Å². The van der Waals surface area contributed by atoms with E-state index in [1.807, 2.05) is 42.3 Å². The molecule has 5 heteroatoms. The highest BCUT2D eigenvalue weighted by molar-refractivity contribution is 5.99. The Morgan fingerprint density at radius 1 is 1.00 bits per heavy atom. The van der Waals surface area contributed by atoms with Gasteiger partial charge in [-0.1, -0.05) is 12.1 Å². The molecule has 0 spiro atoms. The van der Waals surface area contributed by atoms with Crippen LogP contribution in [-0.4, -0.2) is 30.6 Å². The van der Waals surface area contributed by atoms with Crippen molar-refractivity contribution in [3.05, 3.63) is 64.7 Å². The topological polar surface area (TPSA) is 59.0 Å². The first-order valence-electron chi connectivity index (χ1n) is 9.34. The molecule has 2 aromatic carbocycles. The van der Waals surface area contributed by atoms with Crippen molar-refractivity contribution in [3.8, 4) is 0 Å². The predicted octanol–water partition coefficient (Wildman–Crippen LogP) is 3.80. The number of carbonyl (C=O) groups excluding carboxylic acids is 2. The van der Waals surface area contributed by atoms with Crippen LogP contribution in [0.25, 0.3) is 0 Å². The Morgan fingerprint density at radius 2 is 1.74 bits per heavy atom. The Morgan fingerprint density at radius 3 is 2.48 bits per heavy atom. The molecule has 0 saturated carbocycles. The van der Waals surface area contributed by atoms with Crippen molar-refractivity contribution in [1.29, 1.82) is 0 Å². The van der Waals surface area contributed by atoms with Gasteiger partial charge in [0.15, 0.2) is 12.4 Å². The van der Waals surface area contributed by atoms with Crippen molar-refractivity contribution in [2.45, 2.75) is 32.6 Å². The Labute approximate surface area is 158 Å². The van der Waals surface area contributed by atoms with E-state index in [4.69, 9.17) is 4.74 Å². The maximum absolute atomic E-state index is 12.3. The van der Waals surface area contributed by atoms with Gasteiger partial charge in [0.25, 0.3) is 0 Å².